The SMILES string of the molecule is COS(=O)c1ncccc1[N+](=O)[O-]. The van der Waals surface area contributed by atoms with Crippen molar-refractivity contribution in [3.63, 3.8) is 0 Å². The Bertz CT molecular complexity index is 354. The van der Waals surface area contributed by atoms with Gasteiger partial charge in [0.15, 0.2) is 0 Å². The normalized spacial score (nSPS) is 12.4. The first kappa shape index (κ1) is 9.75. The fraction of sp³-hybridized carbons (Fsp3) is 0.167. The monoisotopic (exact) mass is 202 g/mol. The summed E-state index contributed by atoms with van der Waals surface area (Å²) in [6.07, 6.45) is 1.32. The number of nitro groups is 1. The highest BCUT2D eigenvalue weighted by Crippen LogP contribution is 2.18. The van der Waals surface area contributed by atoms with E-state index < -0.39 is 16.0 Å². The molecule has 0 bridgehead atoms. The molecular weight excluding hydrogens is 196 g/mol. The lowest BCUT2D eigenvalue weighted by Crippen LogP contribution is -2.01. The van der Waals surface area contributed by atoms with Gasteiger partial charge >= 0.3 is 5.69 Å². The van der Waals surface area contributed by atoms with Gasteiger partial charge in [-0.3, -0.25) is 14.3 Å². The minimum absolute atomic E-state index is 0.171. The Morgan fingerprint density at radius 2 is 2.38 bits per heavy atom. The third-order valence-corrected chi connectivity index (χ3v) is 2.19. The average molecular weight is 202 g/mol. The van der Waals surface area contributed by atoms with Crippen molar-refractivity contribution >= 4 is 16.8 Å². The molecule has 0 aromatic carbocycles. The molecule has 7 heteroatoms. The standard InChI is InChI=1S/C6H6N2O4S/c1-12-13(11)6-5(8(9)10)3-2-4-7-6/h2-4H,1H3. The lowest BCUT2D eigenvalue weighted by molar-refractivity contribution is -0.388. The molecule has 0 radical (unpaired) electrons. The fourth-order valence-electron chi connectivity index (χ4n) is 0.729. The number of pyridine rings is 1. The molecule has 0 spiro atoms. The van der Waals surface area contributed by atoms with E-state index in [-0.39, 0.29) is 10.7 Å². The van der Waals surface area contributed by atoms with Crippen LogP contribution >= 0.6 is 0 Å². The smallest absolute Gasteiger partial charge is 0.289 e. The Morgan fingerprint density at radius 3 is 2.92 bits per heavy atom. The molecule has 0 aliphatic carbocycles. The van der Waals surface area contributed by atoms with Crippen molar-refractivity contribution in [3.8, 4) is 0 Å². The second-order valence-corrected chi connectivity index (χ2v) is 3.18. The predicted molar refractivity (Wildman–Crippen MR) is 44.3 cm³/mol. The van der Waals surface area contributed by atoms with Crippen LogP contribution in [0.15, 0.2) is 23.4 Å². The molecule has 1 aromatic rings. The molecule has 0 fully saturated rings. The molecule has 0 saturated carbocycles. The minimum Gasteiger partial charge on any atom is -0.289 e. The number of aromatic nitrogens is 1. The Hall–Kier alpha value is -1.34. The van der Waals surface area contributed by atoms with E-state index in [1.807, 2.05) is 0 Å². The van der Waals surface area contributed by atoms with Gasteiger partial charge in [0.1, 0.15) is 0 Å². The van der Waals surface area contributed by atoms with Crippen molar-refractivity contribution in [1.29, 1.82) is 0 Å². The van der Waals surface area contributed by atoms with E-state index in [1.54, 1.807) is 0 Å². The molecule has 1 rings (SSSR count). The minimum atomic E-state index is -1.88. The summed E-state index contributed by atoms with van der Waals surface area (Å²) in [5.74, 6) is 0. The molecule has 0 amide bonds. The Morgan fingerprint density at radius 1 is 1.69 bits per heavy atom. The van der Waals surface area contributed by atoms with E-state index in [1.165, 1.54) is 25.4 Å². The van der Waals surface area contributed by atoms with Crippen LogP contribution in [0.1, 0.15) is 0 Å². The number of hydrogen-bond donors (Lipinski definition) is 0. The maximum atomic E-state index is 11.1. The molecule has 1 unspecified atom stereocenters. The zero-order valence-electron chi connectivity index (χ0n) is 6.67. The highest BCUT2D eigenvalue weighted by atomic mass is 32.2. The first-order valence-corrected chi connectivity index (χ1v) is 4.30. The molecule has 0 N–H and O–H groups in total. The lowest BCUT2D eigenvalue weighted by Gasteiger charge is -1.97. The third kappa shape index (κ3) is 2.07. The van der Waals surface area contributed by atoms with Crippen LogP contribution in [0.3, 0.4) is 0 Å². The van der Waals surface area contributed by atoms with E-state index in [4.69, 9.17) is 0 Å². The van der Waals surface area contributed by atoms with Crippen LogP contribution in [0, 0.1) is 10.1 Å². The number of hydrogen-bond acceptors (Lipinski definition) is 5. The van der Waals surface area contributed by atoms with Gasteiger partial charge in [-0.2, -0.15) is 0 Å². The van der Waals surface area contributed by atoms with Crippen molar-refractivity contribution < 1.29 is 13.3 Å². The number of nitrogens with zero attached hydrogens (tertiary/aromatic N) is 2. The Labute approximate surface area is 76.4 Å². The van der Waals surface area contributed by atoms with Gasteiger partial charge in [0, 0.05) is 12.3 Å². The quantitative estimate of drug-likeness (QED) is 0.531. The van der Waals surface area contributed by atoms with Crippen molar-refractivity contribution in [2.45, 2.75) is 5.03 Å². The first-order valence-electron chi connectivity index (χ1n) is 3.22. The van der Waals surface area contributed by atoms with Crippen molar-refractivity contribution in [1.82, 2.24) is 4.98 Å². The van der Waals surface area contributed by atoms with Crippen LogP contribution in [0.25, 0.3) is 0 Å². The summed E-state index contributed by atoms with van der Waals surface area (Å²) in [6.45, 7) is 0. The molecule has 6 nitrogen and oxygen atoms in total. The summed E-state index contributed by atoms with van der Waals surface area (Å²) in [6, 6.07) is 2.62. The summed E-state index contributed by atoms with van der Waals surface area (Å²) in [7, 11) is 1.19. The van der Waals surface area contributed by atoms with E-state index in [0.717, 1.165) is 0 Å². The number of rotatable bonds is 3. The maximum absolute atomic E-state index is 11.1. The largest absolute Gasteiger partial charge is 0.306 e. The fourth-order valence-corrected chi connectivity index (χ4v) is 1.35. The Balaban J connectivity index is 3.19. The van der Waals surface area contributed by atoms with Crippen LogP contribution in [0.4, 0.5) is 5.69 Å². The van der Waals surface area contributed by atoms with Crippen LogP contribution in [0.2, 0.25) is 0 Å². The van der Waals surface area contributed by atoms with Crippen LogP contribution in [-0.4, -0.2) is 21.2 Å². The highest BCUT2D eigenvalue weighted by Gasteiger charge is 2.19. The molecule has 0 aliphatic heterocycles. The molecule has 13 heavy (non-hydrogen) atoms. The van der Waals surface area contributed by atoms with E-state index in [9.17, 15) is 14.3 Å². The highest BCUT2D eigenvalue weighted by molar-refractivity contribution is 7.80. The predicted octanol–water partition coefficient (Wildman–Crippen LogP) is 0.659. The molecule has 1 atom stereocenters. The zero-order valence-corrected chi connectivity index (χ0v) is 7.48. The first-order chi connectivity index (χ1) is 6.16. The topological polar surface area (TPSA) is 82.3 Å². The second-order valence-electron chi connectivity index (χ2n) is 1.99. The van der Waals surface area contributed by atoms with Crippen LogP contribution < -0.4 is 0 Å². The van der Waals surface area contributed by atoms with E-state index in [2.05, 4.69) is 9.17 Å². The van der Waals surface area contributed by atoms with Gasteiger partial charge in [-0.15, -0.1) is 0 Å². The van der Waals surface area contributed by atoms with Crippen molar-refractivity contribution in [2.75, 3.05) is 7.11 Å². The average Bonchev–Trinajstić information content (AvgIpc) is 2.16. The van der Waals surface area contributed by atoms with Crippen LogP contribution in [0.5, 0.6) is 0 Å². The summed E-state index contributed by atoms with van der Waals surface area (Å²) >= 11 is -1.88. The summed E-state index contributed by atoms with van der Waals surface area (Å²) in [5, 5.41) is 10.2. The van der Waals surface area contributed by atoms with Crippen LogP contribution in [-0.2, 0) is 15.3 Å². The van der Waals surface area contributed by atoms with E-state index >= 15 is 0 Å². The van der Waals surface area contributed by atoms with Gasteiger partial charge in [0.05, 0.1) is 12.0 Å². The molecular formula is C6H6N2O4S. The molecule has 0 saturated heterocycles. The van der Waals surface area contributed by atoms with Gasteiger partial charge in [-0.05, 0) is 6.07 Å². The van der Waals surface area contributed by atoms with Gasteiger partial charge in [-0.1, -0.05) is 0 Å². The molecule has 1 heterocycles. The molecule has 0 aliphatic rings. The molecule has 1 aromatic heterocycles. The Kier molecular flexibility index (Phi) is 3.04. The van der Waals surface area contributed by atoms with E-state index in [0.29, 0.717) is 0 Å². The summed E-state index contributed by atoms with van der Waals surface area (Å²) in [5.41, 5.74) is -0.303. The maximum Gasteiger partial charge on any atom is 0.306 e. The third-order valence-electron chi connectivity index (χ3n) is 1.26. The summed E-state index contributed by atoms with van der Waals surface area (Å²) in [4.78, 5) is 13.4. The molecule has 70 valence electrons. The summed E-state index contributed by atoms with van der Waals surface area (Å²) < 4.78 is 15.5. The van der Waals surface area contributed by atoms with Gasteiger partial charge < -0.3 is 0 Å². The van der Waals surface area contributed by atoms with Gasteiger partial charge in [-0.25, -0.2) is 9.19 Å². The van der Waals surface area contributed by atoms with Crippen molar-refractivity contribution in [3.05, 3.63) is 28.4 Å². The van der Waals surface area contributed by atoms with Crippen molar-refractivity contribution in [2.24, 2.45) is 0 Å². The zero-order chi connectivity index (χ0) is 9.84. The van der Waals surface area contributed by atoms with Gasteiger partial charge in [0.2, 0.25) is 16.1 Å². The lowest BCUT2D eigenvalue weighted by atomic mass is 10.4. The second kappa shape index (κ2) is 4.06. The van der Waals surface area contributed by atoms with Gasteiger partial charge in [0.25, 0.3) is 0 Å².